The molecule has 0 aliphatic heterocycles. The van der Waals surface area contributed by atoms with Crippen LogP contribution in [0, 0.1) is 6.92 Å². The summed E-state index contributed by atoms with van der Waals surface area (Å²) in [5.41, 5.74) is 3.66. The Morgan fingerprint density at radius 1 is 1.14 bits per heavy atom. The van der Waals surface area contributed by atoms with Crippen LogP contribution < -0.4 is 10.1 Å². The molecule has 1 N–H and O–H groups in total. The third-order valence-electron chi connectivity index (χ3n) is 3.47. The van der Waals surface area contributed by atoms with Gasteiger partial charge in [-0.1, -0.05) is 53.2 Å². The molecule has 0 aliphatic rings. The van der Waals surface area contributed by atoms with E-state index in [4.69, 9.17) is 4.74 Å². The second-order valence-electron chi connectivity index (χ2n) is 4.97. The van der Waals surface area contributed by atoms with Gasteiger partial charge in [-0.05, 0) is 43.7 Å². The highest BCUT2D eigenvalue weighted by Gasteiger charge is 2.17. The fourth-order valence-corrected chi connectivity index (χ4v) is 2.80. The van der Waals surface area contributed by atoms with Gasteiger partial charge in [0.2, 0.25) is 0 Å². The van der Waals surface area contributed by atoms with E-state index in [2.05, 4.69) is 65.4 Å². The van der Waals surface area contributed by atoms with Crippen molar-refractivity contribution >= 4 is 15.9 Å². The van der Waals surface area contributed by atoms with Crippen molar-refractivity contribution in [3.05, 3.63) is 63.6 Å². The van der Waals surface area contributed by atoms with E-state index in [-0.39, 0.29) is 6.04 Å². The van der Waals surface area contributed by atoms with Crippen molar-refractivity contribution in [1.82, 2.24) is 5.32 Å². The van der Waals surface area contributed by atoms with E-state index in [1.54, 1.807) is 0 Å². The Labute approximate surface area is 135 Å². The molecule has 0 heterocycles. The molecule has 0 fully saturated rings. The first-order chi connectivity index (χ1) is 10.2. The summed E-state index contributed by atoms with van der Waals surface area (Å²) in [5.74, 6) is 0.947. The van der Waals surface area contributed by atoms with Gasteiger partial charge >= 0.3 is 0 Å². The number of benzene rings is 2. The number of nitrogens with one attached hydrogen (secondary N) is 1. The lowest BCUT2D eigenvalue weighted by Gasteiger charge is -2.22. The van der Waals surface area contributed by atoms with E-state index in [1.165, 1.54) is 16.7 Å². The Morgan fingerprint density at radius 2 is 1.90 bits per heavy atom. The lowest BCUT2D eigenvalue weighted by molar-refractivity contribution is 0.333. The molecule has 0 aromatic heterocycles. The Hall–Kier alpha value is -1.32. The smallest absolute Gasteiger partial charge is 0.124 e. The molecule has 0 spiro atoms. The number of hydrogen-bond acceptors (Lipinski definition) is 2. The normalized spacial score (nSPS) is 12.2. The van der Waals surface area contributed by atoms with Gasteiger partial charge in [0, 0.05) is 10.0 Å². The van der Waals surface area contributed by atoms with Gasteiger partial charge in [0.05, 0.1) is 12.6 Å². The van der Waals surface area contributed by atoms with E-state index in [1.807, 2.05) is 19.1 Å². The quantitative estimate of drug-likeness (QED) is 0.805. The predicted octanol–water partition coefficient (Wildman–Crippen LogP) is 4.86. The van der Waals surface area contributed by atoms with Gasteiger partial charge in [-0.15, -0.1) is 0 Å². The first kappa shape index (κ1) is 16.1. The minimum atomic E-state index is 0.134. The Balaban J connectivity index is 2.45. The highest BCUT2D eigenvalue weighted by Crippen LogP contribution is 2.32. The van der Waals surface area contributed by atoms with Crippen LogP contribution in [0.15, 0.2) is 46.9 Å². The molecule has 2 nitrogen and oxygen atoms in total. The van der Waals surface area contributed by atoms with Crippen LogP contribution in [0.5, 0.6) is 5.75 Å². The van der Waals surface area contributed by atoms with Gasteiger partial charge in [0.25, 0.3) is 0 Å². The second-order valence-corrected chi connectivity index (χ2v) is 5.82. The summed E-state index contributed by atoms with van der Waals surface area (Å²) in [6, 6.07) is 14.9. The van der Waals surface area contributed by atoms with Crippen LogP contribution >= 0.6 is 15.9 Å². The molecular formula is C18H22BrNO. The third-order valence-corrected chi connectivity index (χ3v) is 4.32. The van der Waals surface area contributed by atoms with Gasteiger partial charge < -0.3 is 10.1 Å². The molecule has 2 rings (SSSR count). The maximum absolute atomic E-state index is 5.79. The first-order valence-electron chi connectivity index (χ1n) is 7.38. The molecule has 2 aromatic rings. The van der Waals surface area contributed by atoms with Gasteiger partial charge in [-0.3, -0.25) is 0 Å². The fourth-order valence-electron chi connectivity index (χ4n) is 2.41. The summed E-state index contributed by atoms with van der Waals surface area (Å²) in [6.45, 7) is 7.81. The van der Waals surface area contributed by atoms with Crippen LogP contribution in [-0.4, -0.2) is 13.2 Å². The zero-order chi connectivity index (χ0) is 15.2. The molecule has 0 aliphatic carbocycles. The minimum Gasteiger partial charge on any atom is -0.494 e. The van der Waals surface area contributed by atoms with E-state index < -0.39 is 0 Å². The number of para-hydroxylation sites is 1. The molecule has 21 heavy (non-hydrogen) atoms. The second kappa shape index (κ2) is 7.62. The van der Waals surface area contributed by atoms with Crippen LogP contribution in [0.1, 0.15) is 36.6 Å². The van der Waals surface area contributed by atoms with Gasteiger partial charge in [-0.2, -0.15) is 0 Å². The predicted molar refractivity (Wildman–Crippen MR) is 92.0 cm³/mol. The molecule has 112 valence electrons. The molecule has 1 atom stereocenters. The van der Waals surface area contributed by atoms with Gasteiger partial charge in [-0.25, -0.2) is 0 Å². The third kappa shape index (κ3) is 3.86. The summed E-state index contributed by atoms with van der Waals surface area (Å²) in [5, 5.41) is 3.56. The highest BCUT2D eigenvalue weighted by molar-refractivity contribution is 9.10. The minimum absolute atomic E-state index is 0.134. The fraction of sp³-hybridized carbons (Fsp3) is 0.333. The molecule has 0 radical (unpaired) electrons. The van der Waals surface area contributed by atoms with Crippen molar-refractivity contribution < 1.29 is 4.74 Å². The summed E-state index contributed by atoms with van der Waals surface area (Å²) in [7, 11) is 0. The maximum Gasteiger partial charge on any atom is 0.124 e. The van der Waals surface area contributed by atoms with E-state index >= 15 is 0 Å². The topological polar surface area (TPSA) is 21.3 Å². The van der Waals surface area contributed by atoms with E-state index in [9.17, 15) is 0 Å². The van der Waals surface area contributed by atoms with Crippen molar-refractivity contribution in [2.24, 2.45) is 0 Å². The Morgan fingerprint density at radius 3 is 2.57 bits per heavy atom. The van der Waals surface area contributed by atoms with Crippen LogP contribution in [0.3, 0.4) is 0 Å². The molecule has 0 amide bonds. The van der Waals surface area contributed by atoms with E-state index in [0.717, 1.165) is 16.8 Å². The summed E-state index contributed by atoms with van der Waals surface area (Å²) in [6.07, 6.45) is 0. The summed E-state index contributed by atoms with van der Waals surface area (Å²) >= 11 is 3.63. The monoisotopic (exact) mass is 347 g/mol. The molecule has 3 heteroatoms. The highest BCUT2D eigenvalue weighted by atomic mass is 79.9. The van der Waals surface area contributed by atoms with Gasteiger partial charge in [0.15, 0.2) is 0 Å². The number of rotatable bonds is 6. The number of ether oxygens (including phenoxy) is 1. The lowest BCUT2D eigenvalue weighted by atomic mass is 9.97. The molecule has 2 aromatic carbocycles. The Bertz CT molecular complexity index is 598. The lowest BCUT2D eigenvalue weighted by Crippen LogP contribution is -2.22. The SMILES string of the molecule is CCNC(c1ccc(C)c(Br)c1)c1ccccc1OCC. The van der Waals surface area contributed by atoms with Gasteiger partial charge in [0.1, 0.15) is 5.75 Å². The molecule has 0 bridgehead atoms. The standard InChI is InChI=1S/C18H22BrNO/c1-4-20-18(14-11-10-13(3)16(19)12-14)15-8-6-7-9-17(15)21-5-2/h6-12,18,20H,4-5H2,1-3H3. The van der Waals surface area contributed by atoms with Crippen LogP contribution in [0.25, 0.3) is 0 Å². The van der Waals surface area contributed by atoms with Crippen molar-refractivity contribution in [1.29, 1.82) is 0 Å². The van der Waals surface area contributed by atoms with Crippen molar-refractivity contribution in [3.63, 3.8) is 0 Å². The average molecular weight is 348 g/mol. The zero-order valence-corrected chi connectivity index (χ0v) is 14.4. The number of aryl methyl sites for hydroxylation is 1. The van der Waals surface area contributed by atoms with E-state index in [0.29, 0.717) is 6.61 Å². The number of halogens is 1. The van der Waals surface area contributed by atoms with Crippen molar-refractivity contribution in [2.75, 3.05) is 13.2 Å². The first-order valence-corrected chi connectivity index (χ1v) is 8.17. The van der Waals surface area contributed by atoms with Crippen molar-refractivity contribution in [3.8, 4) is 5.75 Å². The summed E-state index contributed by atoms with van der Waals surface area (Å²) in [4.78, 5) is 0. The van der Waals surface area contributed by atoms with Crippen LogP contribution in [0.2, 0.25) is 0 Å². The maximum atomic E-state index is 5.79. The average Bonchev–Trinajstić information content (AvgIpc) is 2.49. The summed E-state index contributed by atoms with van der Waals surface area (Å²) < 4.78 is 6.92. The van der Waals surface area contributed by atoms with Crippen molar-refractivity contribution in [2.45, 2.75) is 26.8 Å². The largest absolute Gasteiger partial charge is 0.494 e. The molecule has 0 saturated carbocycles. The molecule has 1 unspecified atom stereocenters. The Kier molecular flexibility index (Phi) is 5.83. The molecule has 0 saturated heterocycles. The zero-order valence-electron chi connectivity index (χ0n) is 12.8. The van der Waals surface area contributed by atoms with Crippen LogP contribution in [-0.2, 0) is 0 Å². The molecular weight excluding hydrogens is 326 g/mol. The number of hydrogen-bond donors (Lipinski definition) is 1. The van der Waals surface area contributed by atoms with Crippen LogP contribution in [0.4, 0.5) is 0 Å².